The second-order valence-electron chi connectivity index (χ2n) is 4.87. The van der Waals surface area contributed by atoms with E-state index in [0.717, 1.165) is 0 Å². The Morgan fingerprint density at radius 2 is 2.11 bits per heavy atom. The molecule has 0 aromatic carbocycles. The molecule has 4 nitrogen and oxygen atoms in total. The van der Waals surface area contributed by atoms with Gasteiger partial charge in [0.25, 0.3) is 0 Å². The number of hydrogen-bond acceptors (Lipinski definition) is 4. The lowest BCUT2D eigenvalue weighted by molar-refractivity contribution is -0.137. The number of likely N-dealkylation sites (N-methyl/N-ethyl adjacent to an activating group) is 1. The van der Waals surface area contributed by atoms with Crippen LogP contribution in [0.5, 0.6) is 0 Å². The van der Waals surface area contributed by atoms with Gasteiger partial charge in [0, 0.05) is 6.08 Å². The summed E-state index contributed by atoms with van der Waals surface area (Å²) in [6.07, 6.45) is 7.15. The van der Waals surface area contributed by atoms with Crippen molar-refractivity contribution < 1.29 is 14.3 Å². The maximum atomic E-state index is 11.1. The molecule has 1 heterocycles. The van der Waals surface area contributed by atoms with Crippen molar-refractivity contribution in [3.05, 3.63) is 24.3 Å². The Morgan fingerprint density at radius 3 is 2.61 bits per heavy atom. The zero-order valence-electron chi connectivity index (χ0n) is 11.8. The van der Waals surface area contributed by atoms with Crippen LogP contribution in [0.1, 0.15) is 27.7 Å². The molecule has 0 saturated carbocycles. The van der Waals surface area contributed by atoms with Gasteiger partial charge in [-0.2, -0.15) is 0 Å². The number of nitrogens with zero attached hydrogens (tertiary/aromatic N) is 1. The highest BCUT2D eigenvalue weighted by molar-refractivity contribution is 5.82. The van der Waals surface area contributed by atoms with E-state index in [1.807, 2.05) is 33.0 Å². The molecular weight excluding hydrogens is 230 g/mol. The third kappa shape index (κ3) is 3.68. The first-order valence-electron chi connectivity index (χ1n) is 6.31. The standard InChI is InChI=1S/C14H23NO3/c1-6-17-13(16)10-8-7-9-12-11(2)18-14(3,4)15(12)5/h7-12H,6H2,1-5H3/b9-7+,10-8+/t11-,12+/m1/s1. The lowest BCUT2D eigenvalue weighted by atomic mass is 10.1. The number of ether oxygens (including phenoxy) is 2. The Balaban J connectivity index is 2.55. The van der Waals surface area contributed by atoms with Crippen LogP contribution in [0.2, 0.25) is 0 Å². The van der Waals surface area contributed by atoms with Gasteiger partial charge in [-0.15, -0.1) is 0 Å². The predicted molar refractivity (Wildman–Crippen MR) is 71.1 cm³/mol. The summed E-state index contributed by atoms with van der Waals surface area (Å²) in [5.41, 5.74) is -0.251. The Morgan fingerprint density at radius 1 is 1.44 bits per heavy atom. The Hall–Kier alpha value is -1.13. The van der Waals surface area contributed by atoms with E-state index in [1.165, 1.54) is 6.08 Å². The van der Waals surface area contributed by atoms with Gasteiger partial charge in [-0.05, 0) is 34.7 Å². The van der Waals surface area contributed by atoms with E-state index in [2.05, 4.69) is 11.8 Å². The highest BCUT2D eigenvalue weighted by Crippen LogP contribution is 2.30. The first-order valence-corrected chi connectivity index (χ1v) is 6.31. The van der Waals surface area contributed by atoms with E-state index < -0.39 is 0 Å². The van der Waals surface area contributed by atoms with Gasteiger partial charge in [-0.1, -0.05) is 18.2 Å². The van der Waals surface area contributed by atoms with Gasteiger partial charge in [0.1, 0.15) is 5.72 Å². The van der Waals surface area contributed by atoms with Crippen molar-refractivity contribution in [2.24, 2.45) is 0 Å². The SMILES string of the molecule is CCOC(=O)/C=C/C=C/[C@H]1[C@@H](C)OC(C)(C)N1C. The quantitative estimate of drug-likeness (QED) is 0.437. The normalized spacial score (nSPS) is 28.3. The zero-order chi connectivity index (χ0) is 13.8. The van der Waals surface area contributed by atoms with Crippen molar-refractivity contribution in [1.82, 2.24) is 4.90 Å². The predicted octanol–water partition coefficient (Wildman–Crippen LogP) is 2.12. The van der Waals surface area contributed by atoms with Crippen LogP contribution in [-0.2, 0) is 14.3 Å². The van der Waals surface area contributed by atoms with Crippen molar-refractivity contribution in [2.45, 2.75) is 45.6 Å². The molecule has 1 aliphatic rings. The van der Waals surface area contributed by atoms with E-state index in [4.69, 9.17) is 9.47 Å². The average molecular weight is 253 g/mol. The van der Waals surface area contributed by atoms with Gasteiger partial charge in [0.05, 0.1) is 18.8 Å². The fourth-order valence-electron chi connectivity index (χ4n) is 2.07. The van der Waals surface area contributed by atoms with E-state index in [0.29, 0.717) is 6.61 Å². The Labute approximate surface area is 109 Å². The van der Waals surface area contributed by atoms with Crippen LogP contribution >= 0.6 is 0 Å². The summed E-state index contributed by atoms with van der Waals surface area (Å²) in [6, 6.07) is 0.215. The number of rotatable bonds is 4. The lowest BCUT2D eigenvalue weighted by Gasteiger charge is -2.28. The number of esters is 1. The van der Waals surface area contributed by atoms with Crippen LogP contribution in [0.3, 0.4) is 0 Å². The van der Waals surface area contributed by atoms with Crippen molar-refractivity contribution >= 4 is 5.97 Å². The summed E-state index contributed by atoms with van der Waals surface area (Å²) in [4.78, 5) is 13.3. The molecule has 0 aromatic heterocycles. The summed E-state index contributed by atoms with van der Waals surface area (Å²) in [5.74, 6) is -0.313. The minimum atomic E-state index is -0.313. The molecule has 1 fully saturated rings. The maximum Gasteiger partial charge on any atom is 0.330 e. The first kappa shape index (κ1) is 14.9. The molecule has 0 bridgehead atoms. The maximum absolute atomic E-state index is 11.1. The van der Waals surface area contributed by atoms with Crippen molar-refractivity contribution in [3.63, 3.8) is 0 Å². The molecule has 0 amide bonds. The van der Waals surface area contributed by atoms with Crippen LogP contribution in [0.15, 0.2) is 24.3 Å². The van der Waals surface area contributed by atoms with E-state index >= 15 is 0 Å². The number of allylic oxidation sites excluding steroid dienone is 2. The molecule has 0 N–H and O–H groups in total. The molecule has 4 heteroatoms. The fraction of sp³-hybridized carbons (Fsp3) is 0.643. The van der Waals surface area contributed by atoms with Crippen LogP contribution < -0.4 is 0 Å². The van der Waals surface area contributed by atoms with E-state index in [-0.39, 0.29) is 23.8 Å². The molecule has 1 aliphatic heterocycles. The van der Waals surface area contributed by atoms with Crippen molar-refractivity contribution in [1.29, 1.82) is 0 Å². The molecule has 1 rings (SSSR count). The number of hydrogen-bond donors (Lipinski definition) is 0. The average Bonchev–Trinajstić information content (AvgIpc) is 2.45. The van der Waals surface area contributed by atoms with Gasteiger partial charge >= 0.3 is 5.97 Å². The molecule has 0 unspecified atom stereocenters. The van der Waals surface area contributed by atoms with Gasteiger partial charge in [0.15, 0.2) is 0 Å². The highest BCUT2D eigenvalue weighted by atomic mass is 16.5. The van der Waals surface area contributed by atoms with Crippen LogP contribution in [0.25, 0.3) is 0 Å². The van der Waals surface area contributed by atoms with E-state index in [1.54, 1.807) is 13.0 Å². The summed E-state index contributed by atoms with van der Waals surface area (Å²) >= 11 is 0. The van der Waals surface area contributed by atoms with Crippen molar-refractivity contribution in [3.8, 4) is 0 Å². The third-order valence-electron chi connectivity index (χ3n) is 3.19. The molecule has 18 heavy (non-hydrogen) atoms. The lowest BCUT2D eigenvalue weighted by Crippen LogP contribution is -2.40. The zero-order valence-corrected chi connectivity index (χ0v) is 11.8. The van der Waals surface area contributed by atoms with Gasteiger partial charge in [0.2, 0.25) is 0 Å². The molecule has 2 atom stereocenters. The Kier molecular flexibility index (Phi) is 5.11. The van der Waals surface area contributed by atoms with Gasteiger partial charge in [-0.25, -0.2) is 4.79 Å². The second kappa shape index (κ2) is 6.16. The third-order valence-corrected chi connectivity index (χ3v) is 3.19. The molecule has 1 saturated heterocycles. The molecule has 0 spiro atoms. The molecule has 0 aromatic rings. The first-order chi connectivity index (χ1) is 8.38. The minimum absolute atomic E-state index is 0.136. The van der Waals surface area contributed by atoms with Crippen molar-refractivity contribution in [2.75, 3.05) is 13.7 Å². The van der Waals surface area contributed by atoms with Gasteiger partial charge < -0.3 is 9.47 Å². The monoisotopic (exact) mass is 253 g/mol. The van der Waals surface area contributed by atoms with Crippen LogP contribution in [-0.4, -0.2) is 42.4 Å². The van der Waals surface area contributed by atoms with Crippen LogP contribution in [0, 0.1) is 0 Å². The minimum Gasteiger partial charge on any atom is -0.463 e. The molecule has 102 valence electrons. The fourth-order valence-corrected chi connectivity index (χ4v) is 2.07. The summed E-state index contributed by atoms with van der Waals surface area (Å²) in [5, 5.41) is 0. The summed E-state index contributed by atoms with van der Waals surface area (Å²) < 4.78 is 10.6. The van der Waals surface area contributed by atoms with Gasteiger partial charge in [-0.3, -0.25) is 4.90 Å². The highest BCUT2D eigenvalue weighted by Gasteiger charge is 2.41. The molecular formula is C14H23NO3. The number of carbonyl (C=O) groups is 1. The number of carbonyl (C=O) groups excluding carboxylic acids is 1. The molecule has 0 aliphatic carbocycles. The van der Waals surface area contributed by atoms with E-state index in [9.17, 15) is 4.79 Å². The topological polar surface area (TPSA) is 38.8 Å². The summed E-state index contributed by atoms with van der Waals surface area (Å²) in [7, 11) is 2.04. The van der Waals surface area contributed by atoms with Crippen LogP contribution in [0.4, 0.5) is 0 Å². The largest absolute Gasteiger partial charge is 0.463 e. The Bertz CT molecular complexity index is 347. The second-order valence-corrected chi connectivity index (χ2v) is 4.87. The summed E-state index contributed by atoms with van der Waals surface area (Å²) in [6.45, 7) is 8.33. The molecule has 0 radical (unpaired) electrons. The smallest absolute Gasteiger partial charge is 0.330 e.